The van der Waals surface area contributed by atoms with Gasteiger partial charge in [-0.25, -0.2) is 0 Å². The Hall–Kier alpha value is -0.903. The van der Waals surface area contributed by atoms with Gasteiger partial charge in [0.15, 0.2) is 0 Å². The molecule has 0 fully saturated rings. The molecule has 0 saturated heterocycles. The van der Waals surface area contributed by atoms with Gasteiger partial charge in [0.25, 0.3) is 0 Å². The van der Waals surface area contributed by atoms with E-state index >= 15 is 0 Å². The van der Waals surface area contributed by atoms with Gasteiger partial charge in [0.2, 0.25) is 0 Å². The lowest BCUT2D eigenvalue weighted by Gasteiger charge is -2.21. The molecular weight excluding hydrogens is 324 g/mol. The van der Waals surface area contributed by atoms with Crippen LogP contribution in [0.25, 0.3) is 0 Å². The molecule has 0 atom stereocenters. The fraction of sp³-hybridized carbons (Fsp3) is 0.636. The minimum absolute atomic E-state index is 0.656. The third kappa shape index (κ3) is 16.3. The largest absolute Gasteiger partial charge is 0.391 e. The first kappa shape index (κ1) is 24.1. The molecule has 0 unspecified atom stereocenters. The van der Waals surface area contributed by atoms with E-state index < -0.39 is 8.56 Å². The van der Waals surface area contributed by atoms with Crippen molar-refractivity contribution >= 4 is 8.56 Å². The van der Waals surface area contributed by atoms with E-state index in [1.807, 2.05) is 0 Å². The average Bonchev–Trinajstić information content (AvgIpc) is 2.45. The summed E-state index contributed by atoms with van der Waals surface area (Å²) in [6.07, 6.45) is 13.4. The third-order valence-electron chi connectivity index (χ3n) is 3.91. The highest BCUT2D eigenvalue weighted by molar-refractivity contribution is 6.64. The minimum Gasteiger partial charge on any atom is -0.391 e. The lowest BCUT2D eigenvalue weighted by molar-refractivity contribution is 0.213. The third-order valence-corrected chi connectivity index (χ3v) is 5.63. The van der Waals surface area contributed by atoms with E-state index in [-0.39, 0.29) is 0 Å². The molecule has 144 valence electrons. The Morgan fingerprint density at radius 3 is 1.32 bits per heavy atom. The molecule has 0 heterocycles. The number of hydrogen-bond donors (Lipinski definition) is 0. The minimum atomic E-state index is -2.05. The topological polar surface area (TPSA) is 18.5 Å². The summed E-state index contributed by atoms with van der Waals surface area (Å²) < 4.78 is 12.0. The Labute approximate surface area is 157 Å². The van der Waals surface area contributed by atoms with Crippen molar-refractivity contribution in [3.05, 3.63) is 46.6 Å². The molecule has 0 N–H and O–H groups in total. The SMILES string of the molecule is CC(C)=CCC/C(C)=C/CO[Si](C)(C)OC/C=C(\C)CCC=C(C)C. The van der Waals surface area contributed by atoms with Crippen molar-refractivity contribution in [2.75, 3.05) is 13.2 Å². The Bertz CT molecular complexity index is 444. The Balaban J connectivity index is 4.11. The van der Waals surface area contributed by atoms with Gasteiger partial charge in [-0.15, -0.1) is 0 Å². The highest BCUT2D eigenvalue weighted by Crippen LogP contribution is 2.11. The van der Waals surface area contributed by atoms with Crippen LogP contribution in [0.1, 0.15) is 67.2 Å². The molecule has 0 saturated carbocycles. The van der Waals surface area contributed by atoms with Crippen molar-refractivity contribution in [1.29, 1.82) is 0 Å². The molecule has 0 aromatic carbocycles. The molecule has 0 radical (unpaired) electrons. The Morgan fingerprint density at radius 1 is 0.640 bits per heavy atom. The van der Waals surface area contributed by atoms with Crippen molar-refractivity contribution in [1.82, 2.24) is 0 Å². The molecular formula is C22H40O2Si. The molecule has 0 bridgehead atoms. The molecule has 0 amide bonds. The predicted octanol–water partition coefficient (Wildman–Crippen LogP) is 7.11. The Morgan fingerprint density at radius 2 is 1.00 bits per heavy atom. The fourth-order valence-electron chi connectivity index (χ4n) is 2.19. The number of allylic oxidation sites excluding steroid dienone is 6. The summed E-state index contributed by atoms with van der Waals surface area (Å²) in [5.74, 6) is 0. The van der Waals surface area contributed by atoms with Crippen LogP contribution >= 0.6 is 0 Å². The fourth-order valence-corrected chi connectivity index (χ4v) is 3.24. The summed E-state index contributed by atoms with van der Waals surface area (Å²) in [6, 6.07) is 0. The zero-order valence-electron chi connectivity index (χ0n) is 17.9. The van der Waals surface area contributed by atoms with Gasteiger partial charge in [-0.05, 0) is 80.3 Å². The van der Waals surface area contributed by atoms with Crippen molar-refractivity contribution < 1.29 is 8.85 Å². The van der Waals surface area contributed by atoms with Crippen molar-refractivity contribution in [3.63, 3.8) is 0 Å². The summed E-state index contributed by atoms with van der Waals surface area (Å²) in [4.78, 5) is 0. The van der Waals surface area contributed by atoms with Crippen LogP contribution in [0.15, 0.2) is 46.6 Å². The smallest absolute Gasteiger partial charge is 0.332 e. The van der Waals surface area contributed by atoms with Gasteiger partial charge in [-0.2, -0.15) is 0 Å². The van der Waals surface area contributed by atoms with Gasteiger partial charge in [0.1, 0.15) is 0 Å². The molecule has 0 aliphatic heterocycles. The van der Waals surface area contributed by atoms with Gasteiger partial charge in [0.05, 0.1) is 13.2 Å². The normalized spacial score (nSPS) is 13.0. The molecule has 0 spiro atoms. The van der Waals surface area contributed by atoms with Crippen LogP contribution in [0.5, 0.6) is 0 Å². The lowest BCUT2D eigenvalue weighted by atomic mass is 10.1. The number of hydrogen-bond acceptors (Lipinski definition) is 2. The van der Waals surface area contributed by atoms with E-state index in [0.717, 1.165) is 25.7 Å². The van der Waals surface area contributed by atoms with E-state index in [1.165, 1.54) is 22.3 Å². The summed E-state index contributed by atoms with van der Waals surface area (Å²) >= 11 is 0. The zero-order chi connectivity index (χ0) is 19.3. The van der Waals surface area contributed by atoms with Crippen LogP contribution in [0.2, 0.25) is 13.1 Å². The van der Waals surface area contributed by atoms with Gasteiger partial charge >= 0.3 is 8.56 Å². The van der Waals surface area contributed by atoms with Crippen molar-refractivity contribution in [3.8, 4) is 0 Å². The summed E-state index contributed by atoms with van der Waals surface area (Å²) in [6.45, 7) is 18.5. The second-order valence-corrected chi connectivity index (χ2v) is 11.1. The number of rotatable bonds is 12. The molecule has 0 rings (SSSR count). The highest BCUT2D eigenvalue weighted by Gasteiger charge is 2.23. The van der Waals surface area contributed by atoms with Crippen LogP contribution in [-0.4, -0.2) is 21.8 Å². The van der Waals surface area contributed by atoms with E-state index in [0.29, 0.717) is 13.2 Å². The van der Waals surface area contributed by atoms with E-state index in [2.05, 4.69) is 78.9 Å². The first-order valence-corrected chi connectivity index (χ1v) is 12.3. The molecule has 0 aromatic rings. The second kappa shape index (κ2) is 13.3. The van der Waals surface area contributed by atoms with Gasteiger partial charge in [-0.3, -0.25) is 0 Å². The van der Waals surface area contributed by atoms with E-state index in [4.69, 9.17) is 8.85 Å². The maximum absolute atomic E-state index is 6.01. The van der Waals surface area contributed by atoms with Crippen LogP contribution in [-0.2, 0) is 8.85 Å². The molecule has 0 aliphatic carbocycles. The highest BCUT2D eigenvalue weighted by atomic mass is 28.4. The summed E-state index contributed by atoms with van der Waals surface area (Å²) in [7, 11) is -2.05. The van der Waals surface area contributed by atoms with Crippen LogP contribution < -0.4 is 0 Å². The summed E-state index contributed by atoms with van der Waals surface area (Å²) in [5.41, 5.74) is 5.54. The van der Waals surface area contributed by atoms with Gasteiger partial charge in [-0.1, -0.05) is 46.6 Å². The second-order valence-electron chi connectivity index (χ2n) is 7.76. The molecule has 2 nitrogen and oxygen atoms in total. The quantitative estimate of drug-likeness (QED) is 0.271. The monoisotopic (exact) mass is 364 g/mol. The van der Waals surface area contributed by atoms with Gasteiger partial charge in [0, 0.05) is 0 Å². The summed E-state index contributed by atoms with van der Waals surface area (Å²) in [5, 5.41) is 0. The van der Waals surface area contributed by atoms with Crippen LogP contribution in [0, 0.1) is 0 Å². The maximum atomic E-state index is 6.01. The first-order chi connectivity index (χ1) is 11.6. The first-order valence-electron chi connectivity index (χ1n) is 9.48. The standard InChI is InChI=1S/C22H40O2Si/c1-19(2)11-9-13-21(5)15-17-23-25(7,8)24-18-16-22(6)14-10-12-20(3)4/h11-12,15-16H,9-10,13-14,17-18H2,1-8H3/b21-15+,22-16+. The van der Waals surface area contributed by atoms with E-state index in [1.54, 1.807) is 0 Å². The van der Waals surface area contributed by atoms with Crippen LogP contribution in [0.4, 0.5) is 0 Å². The molecule has 25 heavy (non-hydrogen) atoms. The maximum Gasteiger partial charge on any atom is 0.332 e. The predicted molar refractivity (Wildman–Crippen MR) is 114 cm³/mol. The molecule has 0 aromatic heterocycles. The van der Waals surface area contributed by atoms with Crippen molar-refractivity contribution in [2.45, 2.75) is 80.3 Å². The lowest BCUT2D eigenvalue weighted by Crippen LogP contribution is -2.35. The Kier molecular flexibility index (Phi) is 12.8. The molecule has 3 heteroatoms. The average molecular weight is 365 g/mol. The van der Waals surface area contributed by atoms with E-state index in [9.17, 15) is 0 Å². The van der Waals surface area contributed by atoms with Crippen molar-refractivity contribution in [2.24, 2.45) is 0 Å². The van der Waals surface area contributed by atoms with Crippen LogP contribution in [0.3, 0.4) is 0 Å². The molecule has 0 aliphatic rings. The van der Waals surface area contributed by atoms with Gasteiger partial charge < -0.3 is 8.85 Å². The zero-order valence-corrected chi connectivity index (χ0v) is 18.9.